The zero-order valence-corrected chi connectivity index (χ0v) is 8.24. The van der Waals surface area contributed by atoms with Gasteiger partial charge in [-0.1, -0.05) is 5.21 Å². The molecule has 0 spiro atoms. The number of carboxylic acids is 1. The number of aromatic nitrogens is 5. The van der Waals surface area contributed by atoms with Crippen LogP contribution < -0.4 is 0 Å². The predicted molar refractivity (Wildman–Crippen MR) is 52.5 cm³/mol. The summed E-state index contributed by atoms with van der Waals surface area (Å²) in [6, 6.07) is 3.48. The smallest absolute Gasteiger partial charge is 0.304 e. The van der Waals surface area contributed by atoms with E-state index in [4.69, 9.17) is 5.11 Å². The van der Waals surface area contributed by atoms with Crippen molar-refractivity contribution in [2.24, 2.45) is 0 Å². The van der Waals surface area contributed by atoms with Crippen molar-refractivity contribution in [1.82, 2.24) is 25.6 Å². The van der Waals surface area contributed by atoms with Crippen LogP contribution in [0.5, 0.6) is 0 Å². The minimum absolute atomic E-state index is 0.0798. The van der Waals surface area contributed by atoms with Gasteiger partial charge >= 0.3 is 5.97 Å². The molecule has 82 valence electrons. The fourth-order valence-electron chi connectivity index (χ4n) is 1.45. The zero-order valence-electron chi connectivity index (χ0n) is 8.24. The molecule has 0 bridgehead atoms. The monoisotopic (exact) mass is 219 g/mol. The van der Waals surface area contributed by atoms with E-state index in [1.165, 1.54) is 0 Å². The Bertz CT molecular complexity index is 456. The van der Waals surface area contributed by atoms with E-state index in [0.29, 0.717) is 5.82 Å². The lowest BCUT2D eigenvalue weighted by Gasteiger charge is -2.09. The third-order valence-electron chi connectivity index (χ3n) is 2.16. The molecular formula is C9H9N5O2. The highest BCUT2D eigenvalue weighted by Crippen LogP contribution is 2.23. The van der Waals surface area contributed by atoms with Gasteiger partial charge in [-0.25, -0.2) is 0 Å². The molecule has 2 N–H and O–H groups in total. The van der Waals surface area contributed by atoms with E-state index >= 15 is 0 Å². The van der Waals surface area contributed by atoms with Gasteiger partial charge < -0.3 is 5.11 Å². The molecule has 0 amide bonds. The Kier molecular flexibility index (Phi) is 2.86. The van der Waals surface area contributed by atoms with E-state index in [1.807, 2.05) is 0 Å². The summed E-state index contributed by atoms with van der Waals surface area (Å²) in [5.41, 5.74) is 0.804. The number of rotatable bonds is 4. The van der Waals surface area contributed by atoms with E-state index in [0.717, 1.165) is 5.56 Å². The predicted octanol–water partition coefficient (Wildman–Crippen LogP) is 0.201. The van der Waals surface area contributed by atoms with Crippen molar-refractivity contribution in [2.45, 2.75) is 12.3 Å². The molecule has 0 aliphatic carbocycles. The van der Waals surface area contributed by atoms with E-state index in [9.17, 15) is 4.79 Å². The summed E-state index contributed by atoms with van der Waals surface area (Å²) >= 11 is 0. The van der Waals surface area contributed by atoms with Gasteiger partial charge in [-0.3, -0.25) is 9.78 Å². The molecule has 0 fully saturated rings. The van der Waals surface area contributed by atoms with Gasteiger partial charge in [-0.15, -0.1) is 10.2 Å². The maximum atomic E-state index is 10.8. The fraction of sp³-hybridized carbons (Fsp3) is 0.222. The van der Waals surface area contributed by atoms with Crippen molar-refractivity contribution < 1.29 is 9.90 Å². The maximum Gasteiger partial charge on any atom is 0.304 e. The van der Waals surface area contributed by atoms with Crippen LogP contribution in [0.4, 0.5) is 0 Å². The minimum atomic E-state index is -0.911. The van der Waals surface area contributed by atoms with Crippen molar-refractivity contribution in [2.75, 3.05) is 0 Å². The Morgan fingerprint density at radius 1 is 1.44 bits per heavy atom. The highest BCUT2D eigenvalue weighted by molar-refractivity contribution is 5.68. The normalized spacial score (nSPS) is 12.2. The molecule has 0 saturated carbocycles. The van der Waals surface area contributed by atoms with Gasteiger partial charge in [0.25, 0.3) is 0 Å². The van der Waals surface area contributed by atoms with Crippen LogP contribution in [0.2, 0.25) is 0 Å². The number of tetrazole rings is 1. The second-order valence-electron chi connectivity index (χ2n) is 3.20. The first kappa shape index (κ1) is 10.2. The molecule has 1 unspecified atom stereocenters. The zero-order chi connectivity index (χ0) is 11.4. The summed E-state index contributed by atoms with van der Waals surface area (Å²) in [6.45, 7) is 0. The van der Waals surface area contributed by atoms with Crippen molar-refractivity contribution in [3.05, 3.63) is 35.9 Å². The lowest BCUT2D eigenvalue weighted by molar-refractivity contribution is -0.137. The lowest BCUT2D eigenvalue weighted by Crippen LogP contribution is -2.09. The molecule has 1 atom stereocenters. The maximum absolute atomic E-state index is 10.8. The Morgan fingerprint density at radius 3 is 2.75 bits per heavy atom. The number of H-pyrrole nitrogens is 1. The van der Waals surface area contributed by atoms with Crippen LogP contribution >= 0.6 is 0 Å². The van der Waals surface area contributed by atoms with Gasteiger partial charge in [0, 0.05) is 12.4 Å². The quantitative estimate of drug-likeness (QED) is 0.761. The van der Waals surface area contributed by atoms with E-state index < -0.39 is 11.9 Å². The standard InChI is InChI=1S/C9H9N5O2/c15-8(16)5-7(9-11-13-14-12-9)6-1-3-10-4-2-6/h1-4,7H,5H2,(H,15,16)(H,11,12,13,14). The van der Waals surface area contributed by atoms with Crippen LogP contribution in [-0.4, -0.2) is 36.7 Å². The molecule has 0 aliphatic rings. The lowest BCUT2D eigenvalue weighted by atomic mass is 9.96. The number of hydrogen-bond acceptors (Lipinski definition) is 5. The van der Waals surface area contributed by atoms with Crippen molar-refractivity contribution in [3.63, 3.8) is 0 Å². The third-order valence-corrected chi connectivity index (χ3v) is 2.16. The first-order valence-corrected chi connectivity index (χ1v) is 4.62. The van der Waals surface area contributed by atoms with E-state index in [2.05, 4.69) is 25.6 Å². The summed E-state index contributed by atoms with van der Waals surface area (Å²) in [4.78, 5) is 14.7. The van der Waals surface area contributed by atoms with Gasteiger partial charge in [0.15, 0.2) is 5.82 Å². The molecule has 0 saturated heterocycles. The fourth-order valence-corrected chi connectivity index (χ4v) is 1.45. The molecule has 2 heterocycles. The van der Waals surface area contributed by atoms with Crippen molar-refractivity contribution >= 4 is 5.97 Å². The number of hydrogen-bond donors (Lipinski definition) is 2. The summed E-state index contributed by atoms with van der Waals surface area (Å²) < 4.78 is 0. The van der Waals surface area contributed by atoms with Gasteiger partial charge in [0.2, 0.25) is 0 Å². The number of aliphatic carboxylic acids is 1. The first-order valence-electron chi connectivity index (χ1n) is 4.62. The van der Waals surface area contributed by atoms with Crippen LogP contribution in [0.1, 0.15) is 23.7 Å². The average Bonchev–Trinajstić information content (AvgIpc) is 2.80. The summed E-state index contributed by atoms with van der Waals surface area (Å²) in [6.07, 6.45) is 3.12. The van der Waals surface area contributed by atoms with Crippen LogP contribution in [0.25, 0.3) is 0 Å². The van der Waals surface area contributed by atoms with Crippen LogP contribution in [-0.2, 0) is 4.79 Å². The molecular weight excluding hydrogens is 210 g/mol. The van der Waals surface area contributed by atoms with Crippen LogP contribution in [0, 0.1) is 0 Å². The van der Waals surface area contributed by atoms with Crippen molar-refractivity contribution in [1.29, 1.82) is 0 Å². The summed E-state index contributed by atoms with van der Waals surface area (Å²) in [5, 5.41) is 22.2. The molecule has 7 nitrogen and oxygen atoms in total. The number of carbonyl (C=O) groups is 1. The van der Waals surface area contributed by atoms with Gasteiger partial charge in [-0.05, 0) is 17.7 Å². The Balaban J connectivity index is 2.32. The van der Waals surface area contributed by atoms with E-state index in [-0.39, 0.29) is 6.42 Å². The topological polar surface area (TPSA) is 105 Å². The average molecular weight is 219 g/mol. The second kappa shape index (κ2) is 4.47. The number of nitrogens with one attached hydrogen (secondary N) is 1. The van der Waals surface area contributed by atoms with Crippen LogP contribution in [0.3, 0.4) is 0 Å². The Morgan fingerprint density at radius 2 is 2.19 bits per heavy atom. The number of nitrogens with zero attached hydrogens (tertiary/aromatic N) is 4. The Labute approximate surface area is 90.5 Å². The van der Waals surface area contributed by atoms with Gasteiger partial charge in [0.1, 0.15) is 0 Å². The van der Waals surface area contributed by atoms with Crippen LogP contribution in [0.15, 0.2) is 24.5 Å². The third kappa shape index (κ3) is 2.19. The molecule has 0 radical (unpaired) electrons. The largest absolute Gasteiger partial charge is 0.481 e. The van der Waals surface area contributed by atoms with Gasteiger partial charge in [0.05, 0.1) is 12.3 Å². The summed E-state index contributed by atoms with van der Waals surface area (Å²) in [5.74, 6) is -0.945. The van der Waals surface area contributed by atoms with Gasteiger partial charge in [-0.2, -0.15) is 5.21 Å². The Hall–Kier alpha value is -2.31. The molecule has 2 aromatic heterocycles. The molecule has 2 rings (SSSR count). The highest BCUT2D eigenvalue weighted by atomic mass is 16.4. The molecule has 7 heteroatoms. The van der Waals surface area contributed by atoms with E-state index in [1.54, 1.807) is 24.5 Å². The second-order valence-corrected chi connectivity index (χ2v) is 3.20. The first-order chi connectivity index (χ1) is 7.77. The molecule has 0 aliphatic heterocycles. The SMILES string of the molecule is O=C(O)CC(c1ccncc1)c1nn[nH]n1. The molecule has 2 aromatic rings. The molecule has 16 heavy (non-hydrogen) atoms. The van der Waals surface area contributed by atoms with Crippen molar-refractivity contribution in [3.8, 4) is 0 Å². The summed E-state index contributed by atoms with van der Waals surface area (Å²) in [7, 11) is 0. The highest BCUT2D eigenvalue weighted by Gasteiger charge is 2.21. The number of aromatic amines is 1. The molecule has 0 aromatic carbocycles. The number of pyridine rings is 1. The number of carboxylic acid groups (broad SMARTS) is 1. The minimum Gasteiger partial charge on any atom is -0.481 e.